The van der Waals surface area contributed by atoms with Crippen LogP contribution in [0.1, 0.15) is 17.4 Å². The first-order valence-corrected chi connectivity index (χ1v) is 10.3. The van der Waals surface area contributed by atoms with E-state index in [1.165, 1.54) is 11.3 Å². The molecule has 0 amide bonds. The third-order valence-electron chi connectivity index (χ3n) is 3.71. The van der Waals surface area contributed by atoms with E-state index in [2.05, 4.69) is 16.1 Å². The van der Waals surface area contributed by atoms with Gasteiger partial charge in [-0.1, -0.05) is 19.1 Å². The molecule has 0 spiro atoms. The second kappa shape index (κ2) is 7.60. The predicted octanol–water partition coefficient (Wildman–Crippen LogP) is 4.73. The van der Waals surface area contributed by atoms with Gasteiger partial charge in [-0.25, -0.2) is 8.42 Å². The molecule has 0 saturated heterocycles. The maximum absolute atomic E-state index is 12.4. The Kier molecular flexibility index (Phi) is 5.26. The van der Waals surface area contributed by atoms with E-state index in [1.807, 2.05) is 25.1 Å². The van der Waals surface area contributed by atoms with Gasteiger partial charge in [0.15, 0.2) is 0 Å². The van der Waals surface area contributed by atoms with Crippen LogP contribution in [0.15, 0.2) is 64.9 Å². The van der Waals surface area contributed by atoms with Gasteiger partial charge in [0.1, 0.15) is 10.3 Å². The van der Waals surface area contributed by atoms with E-state index >= 15 is 0 Å². The highest BCUT2D eigenvalue weighted by Crippen LogP contribution is 2.26. The third kappa shape index (κ3) is 4.04. The number of benzene rings is 2. The highest BCUT2D eigenvalue weighted by Gasteiger charge is 2.16. The monoisotopic (exact) mass is 383 g/mol. The van der Waals surface area contributed by atoms with E-state index in [1.54, 1.807) is 42.5 Å². The zero-order chi connectivity index (χ0) is 18.6. The molecule has 0 aliphatic rings. The van der Waals surface area contributed by atoms with Gasteiger partial charge in [-0.05, 0) is 55.0 Å². The lowest BCUT2D eigenvalue weighted by atomic mass is 10.2. The molecule has 0 fully saturated rings. The summed E-state index contributed by atoms with van der Waals surface area (Å²) in [6.07, 6.45) is 0.810. The molecule has 2 N–H and O–H groups in total. The number of nitriles is 1. The van der Waals surface area contributed by atoms with Crippen LogP contribution in [0.25, 0.3) is 0 Å². The second-order valence-corrected chi connectivity index (χ2v) is 8.62. The molecular formula is C19H17N3O2S2. The molecule has 0 radical (unpaired) electrons. The molecule has 1 heterocycles. The van der Waals surface area contributed by atoms with E-state index in [4.69, 9.17) is 5.26 Å². The summed E-state index contributed by atoms with van der Waals surface area (Å²) in [4.78, 5) is 1.03. The molecule has 0 unspecified atom stereocenters. The molecule has 0 atom stereocenters. The quantitative estimate of drug-likeness (QED) is 0.645. The number of aryl methyl sites for hydroxylation is 1. The molecule has 3 rings (SSSR count). The van der Waals surface area contributed by atoms with E-state index < -0.39 is 10.0 Å². The lowest BCUT2D eigenvalue weighted by Crippen LogP contribution is -2.11. The molecule has 3 aromatic rings. The summed E-state index contributed by atoms with van der Waals surface area (Å²) >= 11 is 1.27. The topological polar surface area (TPSA) is 82.0 Å². The van der Waals surface area contributed by atoms with Gasteiger partial charge in [0, 0.05) is 16.3 Å². The fourth-order valence-electron chi connectivity index (χ4n) is 2.36. The average molecular weight is 383 g/mol. The Balaban J connectivity index is 1.74. The first-order valence-electron chi connectivity index (χ1n) is 7.99. The number of hydrogen-bond acceptors (Lipinski definition) is 5. The molecule has 5 nitrogen and oxygen atoms in total. The van der Waals surface area contributed by atoms with E-state index in [-0.39, 0.29) is 0 Å². The van der Waals surface area contributed by atoms with Gasteiger partial charge in [0.25, 0.3) is 10.0 Å². The fraction of sp³-hybridized carbons (Fsp3) is 0.105. The first kappa shape index (κ1) is 18.0. The zero-order valence-corrected chi connectivity index (χ0v) is 15.7. The summed E-state index contributed by atoms with van der Waals surface area (Å²) in [7, 11) is -3.58. The second-order valence-electron chi connectivity index (χ2n) is 5.54. The number of anilines is 3. The summed E-state index contributed by atoms with van der Waals surface area (Å²) < 4.78 is 27.8. The van der Waals surface area contributed by atoms with E-state index in [0.717, 1.165) is 17.0 Å². The van der Waals surface area contributed by atoms with Crippen molar-refractivity contribution in [3.8, 4) is 6.07 Å². The summed E-state index contributed by atoms with van der Waals surface area (Å²) in [5, 5.41) is 12.3. The van der Waals surface area contributed by atoms with Crippen molar-refractivity contribution in [3.63, 3.8) is 0 Å². The van der Waals surface area contributed by atoms with E-state index in [0.29, 0.717) is 21.1 Å². The van der Waals surface area contributed by atoms with Gasteiger partial charge in [-0.15, -0.1) is 11.3 Å². The first-order chi connectivity index (χ1) is 12.5. The van der Waals surface area contributed by atoms with Gasteiger partial charge in [0.05, 0.1) is 11.3 Å². The minimum atomic E-state index is -3.58. The van der Waals surface area contributed by atoms with Crippen LogP contribution < -0.4 is 10.0 Å². The van der Waals surface area contributed by atoms with Crippen LogP contribution >= 0.6 is 11.3 Å². The Bertz CT molecular complexity index is 1050. The highest BCUT2D eigenvalue weighted by atomic mass is 32.2. The van der Waals surface area contributed by atoms with Crippen LogP contribution in [0, 0.1) is 11.3 Å². The molecule has 0 aliphatic heterocycles. The van der Waals surface area contributed by atoms with Gasteiger partial charge < -0.3 is 5.32 Å². The van der Waals surface area contributed by atoms with Crippen molar-refractivity contribution in [3.05, 3.63) is 71.1 Å². The van der Waals surface area contributed by atoms with Gasteiger partial charge in [0.2, 0.25) is 0 Å². The molecule has 26 heavy (non-hydrogen) atoms. The van der Waals surface area contributed by atoms with Crippen molar-refractivity contribution in [1.29, 1.82) is 5.26 Å². The van der Waals surface area contributed by atoms with Gasteiger partial charge >= 0.3 is 0 Å². The zero-order valence-electron chi connectivity index (χ0n) is 14.1. The lowest BCUT2D eigenvalue weighted by molar-refractivity contribution is 0.603. The third-order valence-corrected chi connectivity index (χ3v) is 6.82. The van der Waals surface area contributed by atoms with Crippen LogP contribution in [-0.4, -0.2) is 8.42 Å². The minimum Gasteiger partial charge on any atom is -0.354 e. The number of rotatable bonds is 6. The van der Waals surface area contributed by atoms with Crippen molar-refractivity contribution in [2.24, 2.45) is 0 Å². The Labute approximate surface area is 157 Å². The van der Waals surface area contributed by atoms with Crippen LogP contribution in [0.5, 0.6) is 0 Å². The van der Waals surface area contributed by atoms with Crippen molar-refractivity contribution >= 4 is 38.4 Å². The number of hydrogen-bond donors (Lipinski definition) is 2. The Morgan fingerprint density at radius 1 is 1.00 bits per heavy atom. The summed E-state index contributed by atoms with van der Waals surface area (Å²) in [6.45, 7) is 1.99. The van der Waals surface area contributed by atoms with Crippen LogP contribution in [0.2, 0.25) is 0 Å². The highest BCUT2D eigenvalue weighted by molar-refractivity contribution is 7.94. The SMILES string of the molecule is CCc1ccc(S(=O)(=O)Nc2ccc(Nc3ccccc3C#N)cc2)s1. The van der Waals surface area contributed by atoms with Gasteiger partial charge in [-0.2, -0.15) is 5.26 Å². The number of nitrogens with zero attached hydrogens (tertiary/aromatic N) is 1. The largest absolute Gasteiger partial charge is 0.354 e. The summed E-state index contributed by atoms with van der Waals surface area (Å²) in [5.74, 6) is 0. The molecule has 0 aliphatic carbocycles. The lowest BCUT2D eigenvalue weighted by Gasteiger charge is -2.10. The average Bonchev–Trinajstić information content (AvgIpc) is 3.14. The Hall–Kier alpha value is -2.82. The van der Waals surface area contributed by atoms with Crippen LogP contribution in [0.3, 0.4) is 0 Å². The van der Waals surface area contributed by atoms with E-state index in [9.17, 15) is 8.42 Å². The van der Waals surface area contributed by atoms with Crippen molar-refractivity contribution in [1.82, 2.24) is 0 Å². The smallest absolute Gasteiger partial charge is 0.271 e. The molecule has 132 valence electrons. The summed E-state index contributed by atoms with van der Waals surface area (Å²) in [6, 6.07) is 19.7. The Morgan fingerprint density at radius 3 is 2.35 bits per heavy atom. The standard InChI is InChI=1S/C19H17N3O2S2/c1-2-17-11-12-19(25-17)26(23,24)22-16-9-7-15(8-10-16)21-18-6-4-3-5-14(18)13-20/h3-12,21-22H,2H2,1H3. The molecule has 7 heteroatoms. The molecular weight excluding hydrogens is 366 g/mol. The molecule has 0 bridgehead atoms. The molecule has 0 saturated carbocycles. The maximum Gasteiger partial charge on any atom is 0.271 e. The van der Waals surface area contributed by atoms with Crippen LogP contribution in [-0.2, 0) is 16.4 Å². The number of thiophene rings is 1. The van der Waals surface area contributed by atoms with Crippen molar-refractivity contribution < 1.29 is 8.42 Å². The van der Waals surface area contributed by atoms with Crippen molar-refractivity contribution in [2.45, 2.75) is 17.6 Å². The molecule has 2 aromatic carbocycles. The van der Waals surface area contributed by atoms with Gasteiger partial charge in [-0.3, -0.25) is 4.72 Å². The number of sulfonamides is 1. The predicted molar refractivity (Wildman–Crippen MR) is 105 cm³/mol. The Morgan fingerprint density at radius 2 is 1.69 bits per heavy atom. The number of para-hydroxylation sites is 1. The maximum atomic E-state index is 12.4. The fourth-order valence-corrected chi connectivity index (χ4v) is 4.72. The summed E-state index contributed by atoms with van der Waals surface area (Å²) in [5.41, 5.74) is 2.49. The van der Waals surface area contributed by atoms with Crippen molar-refractivity contribution in [2.75, 3.05) is 10.0 Å². The minimum absolute atomic E-state index is 0.305. The van der Waals surface area contributed by atoms with Crippen LogP contribution in [0.4, 0.5) is 17.1 Å². The molecule has 1 aromatic heterocycles. The number of nitrogens with one attached hydrogen (secondary N) is 2. The normalized spacial score (nSPS) is 10.9.